The molecule has 1 heterocycles. The van der Waals surface area contributed by atoms with Gasteiger partial charge in [0.1, 0.15) is 11.5 Å². The predicted molar refractivity (Wildman–Crippen MR) is 74.3 cm³/mol. The number of carbonyl (C=O) groups is 1. The van der Waals surface area contributed by atoms with E-state index in [1.807, 2.05) is 30.3 Å². The van der Waals surface area contributed by atoms with Crippen LogP contribution in [0.5, 0.6) is 0 Å². The maximum atomic E-state index is 11.6. The minimum Gasteiger partial charge on any atom is -0.347 e. The molecule has 0 saturated heterocycles. The van der Waals surface area contributed by atoms with E-state index in [0.29, 0.717) is 12.4 Å². The number of aromatic nitrogens is 2. The van der Waals surface area contributed by atoms with Crippen LogP contribution in [0.3, 0.4) is 0 Å². The van der Waals surface area contributed by atoms with Crippen LogP contribution in [0, 0.1) is 0 Å². The Kier molecular flexibility index (Phi) is 4.23. The van der Waals surface area contributed by atoms with E-state index in [1.54, 1.807) is 6.08 Å². The molecule has 0 saturated carbocycles. The third-order valence-electron chi connectivity index (χ3n) is 2.34. The first-order valence-corrected chi connectivity index (χ1v) is 5.83. The highest BCUT2D eigenvalue weighted by molar-refractivity contribution is 5.92. The molecule has 2 rings (SSSR count). The number of rotatable bonds is 5. The van der Waals surface area contributed by atoms with Crippen molar-refractivity contribution >= 4 is 17.4 Å². The summed E-state index contributed by atoms with van der Waals surface area (Å²) in [5.41, 5.74) is 1.20. The molecule has 0 aliphatic rings. The number of amides is 1. The van der Waals surface area contributed by atoms with E-state index in [9.17, 15) is 4.79 Å². The van der Waals surface area contributed by atoms with Crippen molar-refractivity contribution in [3.8, 4) is 0 Å². The molecule has 2 aromatic rings. The van der Waals surface area contributed by atoms with E-state index in [4.69, 9.17) is 0 Å². The highest BCUT2D eigenvalue weighted by Crippen LogP contribution is 2.12. The quantitative estimate of drug-likeness (QED) is 0.802. The molecular weight excluding hydrogens is 240 g/mol. The second kappa shape index (κ2) is 6.30. The Morgan fingerprint density at radius 3 is 2.63 bits per heavy atom. The first kappa shape index (κ1) is 12.8. The second-order valence-corrected chi connectivity index (χ2v) is 3.78. The molecule has 1 aromatic carbocycles. The topological polar surface area (TPSA) is 66.9 Å². The van der Waals surface area contributed by atoms with Crippen molar-refractivity contribution in [2.24, 2.45) is 0 Å². The number of para-hydroxylation sites is 1. The lowest BCUT2D eigenvalue weighted by molar-refractivity contribution is 0.0952. The first-order chi connectivity index (χ1) is 9.29. The number of hydrogen-bond acceptors (Lipinski definition) is 4. The molecule has 0 atom stereocenters. The van der Waals surface area contributed by atoms with Crippen molar-refractivity contribution in [3.05, 3.63) is 61.1 Å². The molecule has 1 aromatic heterocycles. The first-order valence-electron chi connectivity index (χ1n) is 5.83. The fourth-order valence-electron chi connectivity index (χ4n) is 1.43. The molecule has 96 valence electrons. The second-order valence-electron chi connectivity index (χ2n) is 3.78. The van der Waals surface area contributed by atoms with Gasteiger partial charge in [-0.15, -0.1) is 6.58 Å². The van der Waals surface area contributed by atoms with E-state index in [2.05, 4.69) is 27.2 Å². The molecule has 0 aliphatic heterocycles. The molecule has 2 N–H and O–H groups in total. The fourth-order valence-corrected chi connectivity index (χ4v) is 1.43. The third-order valence-corrected chi connectivity index (χ3v) is 2.34. The molecule has 1 amide bonds. The van der Waals surface area contributed by atoms with Gasteiger partial charge in [-0.25, -0.2) is 9.97 Å². The van der Waals surface area contributed by atoms with Gasteiger partial charge in [0.15, 0.2) is 0 Å². The van der Waals surface area contributed by atoms with Gasteiger partial charge < -0.3 is 10.6 Å². The number of benzene rings is 1. The number of hydrogen-bond donors (Lipinski definition) is 2. The number of nitrogens with one attached hydrogen (secondary N) is 2. The van der Waals surface area contributed by atoms with Crippen molar-refractivity contribution in [1.29, 1.82) is 0 Å². The van der Waals surface area contributed by atoms with Gasteiger partial charge in [0.25, 0.3) is 5.91 Å². The van der Waals surface area contributed by atoms with Crippen LogP contribution in [0.15, 0.2) is 55.4 Å². The summed E-state index contributed by atoms with van der Waals surface area (Å²) in [7, 11) is 0. The zero-order valence-electron chi connectivity index (χ0n) is 10.3. The van der Waals surface area contributed by atoms with Crippen LogP contribution in [0.25, 0.3) is 0 Å². The van der Waals surface area contributed by atoms with Gasteiger partial charge in [0.2, 0.25) is 0 Å². The lowest BCUT2D eigenvalue weighted by Gasteiger charge is -2.05. The average molecular weight is 254 g/mol. The standard InChI is InChI=1S/C14H14N4O/c1-2-8-15-14(19)12-9-17-13(10-16-12)18-11-6-4-3-5-7-11/h2-7,9-10H,1,8H2,(H,15,19)(H,17,18). The van der Waals surface area contributed by atoms with E-state index in [1.165, 1.54) is 12.4 Å². The number of anilines is 2. The summed E-state index contributed by atoms with van der Waals surface area (Å²) in [6.07, 6.45) is 4.57. The number of carbonyl (C=O) groups excluding carboxylic acids is 1. The Morgan fingerprint density at radius 1 is 1.21 bits per heavy atom. The maximum absolute atomic E-state index is 11.6. The van der Waals surface area contributed by atoms with Crippen LogP contribution in [0.2, 0.25) is 0 Å². The zero-order chi connectivity index (χ0) is 13.5. The van der Waals surface area contributed by atoms with Crippen molar-refractivity contribution < 1.29 is 4.79 Å². The van der Waals surface area contributed by atoms with Gasteiger partial charge in [0, 0.05) is 12.2 Å². The monoisotopic (exact) mass is 254 g/mol. The smallest absolute Gasteiger partial charge is 0.271 e. The summed E-state index contributed by atoms with van der Waals surface area (Å²) in [5.74, 6) is 0.324. The van der Waals surface area contributed by atoms with E-state index < -0.39 is 0 Å². The van der Waals surface area contributed by atoms with Crippen molar-refractivity contribution in [2.75, 3.05) is 11.9 Å². The lowest BCUT2D eigenvalue weighted by atomic mass is 10.3. The van der Waals surface area contributed by atoms with Crippen LogP contribution in [-0.2, 0) is 0 Å². The van der Waals surface area contributed by atoms with Gasteiger partial charge in [-0.2, -0.15) is 0 Å². The van der Waals surface area contributed by atoms with Crippen molar-refractivity contribution in [2.45, 2.75) is 0 Å². The normalized spacial score (nSPS) is 9.68. The Balaban J connectivity index is 2.02. The summed E-state index contributed by atoms with van der Waals surface area (Å²) in [4.78, 5) is 19.8. The van der Waals surface area contributed by atoms with Crippen LogP contribution >= 0.6 is 0 Å². The minimum atomic E-state index is -0.265. The Labute approximate surface area is 111 Å². The Bertz CT molecular complexity index is 551. The molecule has 5 heteroatoms. The van der Waals surface area contributed by atoms with Crippen LogP contribution < -0.4 is 10.6 Å². The van der Waals surface area contributed by atoms with Gasteiger partial charge in [-0.05, 0) is 12.1 Å². The van der Waals surface area contributed by atoms with Gasteiger partial charge >= 0.3 is 0 Å². The van der Waals surface area contributed by atoms with E-state index >= 15 is 0 Å². The van der Waals surface area contributed by atoms with Crippen molar-refractivity contribution in [3.63, 3.8) is 0 Å². The molecule has 0 radical (unpaired) electrons. The molecular formula is C14H14N4O. The maximum Gasteiger partial charge on any atom is 0.271 e. The third kappa shape index (κ3) is 3.64. The summed E-state index contributed by atoms with van der Waals surface area (Å²) >= 11 is 0. The Morgan fingerprint density at radius 2 is 2.00 bits per heavy atom. The van der Waals surface area contributed by atoms with E-state index in [-0.39, 0.29) is 11.6 Å². The van der Waals surface area contributed by atoms with Crippen LogP contribution in [-0.4, -0.2) is 22.4 Å². The van der Waals surface area contributed by atoms with Gasteiger partial charge in [-0.3, -0.25) is 4.79 Å². The van der Waals surface area contributed by atoms with Gasteiger partial charge in [-0.1, -0.05) is 24.3 Å². The zero-order valence-corrected chi connectivity index (χ0v) is 10.3. The number of nitrogens with zero attached hydrogens (tertiary/aromatic N) is 2. The summed E-state index contributed by atoms with van der Waals surface area (Å²) in [5, 5.41) is 5.73. The predicted octanol–water partition coefficient (Wildman–Crippen LogP) is 2.14. The van der Waals surface area contributed by atoms with Crippen LogP contribution in [0.1, 0.15) is 10.5 Å². The summed E-state index contributed by atoms with van der Waals surface area (Å²) in [6, 6.07) is 9.63. The molecule has 19 heavy (non-hydrogen) atoms. The fraction of sp³-hybridized carbons (Fsp3) is 0.0714. The summed E-state index contributed by atoms with van der Waals surface area (Å²) in [6.45, 7) is 3.93. The molecule has 0 aliphatic carbocycles. The molecule has 0 unspecified atom stereocenters. The van der Waals surface area contributed by atoms with Crippen molar-refractivity contribution in [1.82, 2.24) is 15.3 Å². The van der Waals surface area contributed by atoms with Gasteiger partial charge in [0.05, 0.1) is 12.4 Å². The largest absolute Gasteiger partial charge is 0.347 e. The highest BCUT2D eigenvalue weighted by Gasteiger charge is 2.06. The van der Waals surface area contributed by atoms with Crippen LogP contribution in [0.4, 0.5) is 11.5 Å². The highest BCUT2D eigenvalue weighted by atomic mass is 16.1. The molecule has 0 bridgehead atoms. The minimum absolute atomic E-state index is 0.265. The van der Waals surface area contributed by atoms with E-state index in [0.717, 1.165) is 5.69 Å². The Hall–Kier alpha value is -2.69. The summed E-state index contributed by atoms with van der Waals surface area (Å²) < 4.78 is 0. The molecule has 0 spiro atoms. The molecule has 5 nitrogen and oxygen atoms in total. The lowest BCUT2D eigenvalue weighted by Crippen LogP contribution is -2.24. The average Bonchev–Trinajstić information content (AvgIpc) is 2.46. The molecule has 0 fully saturated rings. The SMILES string of the molecule is C=CCNC(=O)c1cnc(Nc2ccccc2)cn1.